The van der Waals surface area contributed by atoms with E-state index in [1.807, 2.05) is 18.0 Å². The van der Waals surface area contributed by atoms with Crippen molar-refractivity contribution in [3.63, 3.8) is 0 Å². The lowest BCUT2D eigenvalue weighted by molar-refractivity contribution is -0.122. The van der Waals surface area contributed by atoms with Crippen LogP contribution in [0.4, 0.5) is 5.82 Å². The Hall–Kier alpha value is -3.23. The zero-order valence-corrected chi connectivity index (χ0v) is 17.0. The minimum atomic E-state index is -0.250. The van der Waals surface area contributed by atoms with Gasteiger partial charge in [0, 0.05) is 50.2 Å². The van der Waals surface area contributed by atoms with Crippen LogP contribution in [-0.2, 0) is 11.2 Å². The molecule has 2 aromatic rings. The van der Waals surface area contributed by atoms with Crippen LogP contribution in [0.5, 0.6) is 5.88 Å². The first-order valence-electron chi connectivity index (χ1n) is 9.48. The van der Waals surface area contributed by atoms with E-state index in [0.717, 1.165) is 49.7 Å². The van der Waals surface area contributed by atoms with Crippen LogP contribution in [0.15, 0.2) is 24.5 Å². The van der Waals surface area contributed by atoms with Gasteiger partial charge in [0.2, 0.25) is 5.88 Å². The maximum Gasteiger partial charge on any atom is 0.290 e. The lowest BCUT2D eigenvalue weighted by Gasteiger charge is -2.24. The predicted molar refractivity (Wildman–Crippen MR) is 108 cm³/mol. The fourth-order valence-electron chi connectivity index (χ4n) is 3.15. The van der Waals surface area contributed by atoms with Crippen molar-refractivity contribution in [1.29, 1.82) is 0 Å². The first kappa shape index (κ1) is 22.1. The molecule has 0 saturated carbocycles. The number of hydrogen-bond acceptors (Lipinski definition) is 7. The summed E-state index contributed by atoms with van der Waals surface area (Å²) in [5.41, 5.74) is 1.74. The quantitative estimate of drug-likeness (QED) is 0.773. The molecule has 0 atom stereocenters. The van der Waals surface area contributed by atoms with Gasteiger partial charge in [0.05, 0.1) is 12.7 Å². The number of anilines is 1. The Morgan fingerprint density at radius 1 is 1.21 bits per heavy atom. The van der Waals surface area contributed by atoms with Gasteiger partial charge in [0.15, 0.2) is 0 Å². The molecule has 0 aromatic carbocycles. The van der Waals surface area contributed by atoms with Gasteiger partial charge in [0.1, 0.15) is 11.6 Å². The number of amides is 1. The number of rotatable bonds is 4. The zero-order chi connectivity index (χ0) is 21.2. The summed E-state index contributed by atoms with van der Waals surface area (Å²) in [6.07, 6.45) is 5.29. The smallest absolute Gasteiger partial charge is 0.290 e. The van der Waals surface area contributed by atoms with E-state index >= 15 is 0 Å². The highest BCUT2D eigenvalue weighted by Crippen LogP contribution is 2.20. The first-order chi connectivity index (χ1) is 14.0. The third-order valence-electron chi connectivity index (χ3n) is 4.62. The highest BCUT2D eigenvalue weighted by molar-refractivity contribution is 5.94. The second kappa shape index (κ2) is 10.9. The summed E-state index contributed by atoms with van der Waals surface area (Å²) in [6.45, 7) is 6.81. The van der Waals surface area contributed by atoms with Crippen LogP contribution in [0.3, 0.4) is 0 Å². The van der Waals surface area contributed by atoms with Gasteiger partial charge in [-0.3, -0.25) is 9.59 Å². The largest absolute Gasteiger partial charge is 0.483 e. The molecule has 9 nitrogen and oxygen atoms in total. The summed E-state index contributed by atoms with van der Waals surface area (Å²) in [4.78, 5) is 38.4. The summed E-state index contributed by atoms with van der Waals surface area (Å²) in [5.74, 6) is 2.30. The van der Waals surface area contributed by atoms with Crippen molar-refractivity contribution < 1.29 is 19.4 Å². The van der Waals surface area contributed by atoms with Crippen molar-refractivity contribution in [2.45, 2.75) is 26.7 Å². The fourth-order valence-corrected chi connectivity index (χ4v) is 3.15. The van der Waals surface area contributed by atoms with E-state index in [9.17, 15) is 4.79 Å². The molecule has 2 aromatic heterocycles. The summed E-state index contributed by atoms with van der Waals surface area (Å²) in [7, 11) is 1.56. The average Bonchev–Trinajstić information content (AvgIpc) is 3.00. The van der Waals surface area contributed by atoms with E-state index in [1.165, 1.54) is 0 Å². The molecule has 9 heteroatoms. The summed E-state index contributed by atoms with van der Waals surface area (Å²) >= 11 is 0. The molecule has 1 amide bonds. The van der Waals surface area contributed by atoms with Gasteiger partial charge >= 0.3 is 0 Å². The maximum atomic E-state index is 12.8. The van der Waals surface area contributed by atoms with Crippen molar-refractivity contribution in [3.8, 4) is 5.88 Å². The molecule has 1 N–H and O–H groups in total. The Balaban J connectivity index is 0.000000941. The molecule has 29 heavy (non-hydrogen) atoms. The number of carbonyl (C=O) groups is 2. The minimum Gasteiger partial charge on any atom is -0.483 e. The molecule has 1 saturated heterocycles. The van der Waals surface area contributed by atoms with Crippen LogP contribution in [0.2, 0.25) is 0 Å². The number of carbonyl (C=O) groups excluding carboxylic acids is 1. The van der Waals surface area contributed by atoms with Crippen molar-refractivity contribution >= 4 is 18.2 Å². The Kier molecular flexibility index (Phi) is 8.32. The minimum absolute atomic E-state index is 0.0107. The van der Waals surface area contributed by atoms with Gasteiger partial charge in [-0.1, -0.05) is 6.92 Å². The lowest BCUT2D eigenvalue weighted by Crippen LogP contribution is -2.35. The highest BCUT2D eigenvalue weighted by atomic mass is 16.5. The molecule has 1 aliphatic heterocycles. The van der Waals surface area contributed by atoms with Crippen molar-refractivity contribution in [2.75, 3.05) is 38.2 Å². The summed E-state index contributed by atoms with van der Waals surface area (Å²) < 4.78 is 5.05. The average molecular weight is 401 g/mol. The van der Waals surface area contributed by atoms with Gasteiger partial charge in [0.25, 0.3) is 12.4 Å². The molecule has 0 bridgehead atoms. The van der Waals surface area contributed by atoms with Crippen LogP contribution < -0.4 is 9.64 Å². The Labute approximate surface area is 170 Å². The number of nitrogens with zero attached hydrogens (tertiary/aromatic N) is 5. The third-order valence-corrected chi connectivity index (χ3v) is 4.62. The Morgan fingerprint density at radius 3 is 2.59 bits per heavy atom. The Morgan fingerprint density at radius 2 is 1.97 bits per heavy atom. The number of hydrogen-bond donors (Lipinski definition) is 1. The van der Waals surface area contributed by atoms with Crippen LogP contribution >= 0.6 is 0 Å². The lowest BCUT2D eigenvalue weighted by atomic mass is 10.2. The first-order valence-corrected chi connectivity index (χ1v) is 9.48. The highest BCUT2D eigenvalue weighted by Gasteiger charge is 2.22. The third kappa shape index (κ3) is 5.87. The SMILES string of the molecule is CCc1cnc(C)nc1N1CCCN(C(=O)c2ccc(OC)nc2)CC1.O=CO. The molecular formula is C20H27N5O4. The second-order valence-corrected chi connectivity index (χ2v) is 6.45. The van der Waals surface area contributed by atoms with Gasteiger partial charge < -0.3 is 19.6 Å². The van der Waals surface area contributed by atoms with Crippen LogP contribution in [0.1, 0.15) is 35.1 Å². The summed E-state index contributed by atoms with van der Waals surface area (Å²) in [5, 5.41) is 6.89. The molecular weight excluding hydrogens is 374 g/mol. The van der Waals surface area contributed by atoms with Crippen molar-refractivity contribution in [2.24, 2.45) is 0 Å². The van der Waals surface area contributed by atoms with E-state index in [1.54, 1.807) is 25.4 Å². The molecule has 0 aliphatic carbocycles. The van der Waals surface area contributed by atoms with Crippen molar-refractivity contribution in [1.82, 2.24) is 19.9 Å². The molecule has 1 fully saturated rings. The molecule has 3 heterocycles. The standard InChI is InChI=1S/C19H25N5O2.CH2O2/c1-4-15-12-20-14(2)22-18(15)23-8-5-9-24(11-10-23)19(25)16-6-7-17(26-3)21-13-16;2-1-3/h6-7,12-13H,4-5,8-11H2,1-3H3;1H,(H,2,3). The fraction of sp³-hybridized carbons (Fsp3) is 0.450. The molecule has 0 unspecified atom stereocenters. The molecule has 0 radical (unpaired) electrons. The number of aromatic nitrogens is 3. The van der Waals surface area contributed by atoms with Gasteiger partial charge in [-0.05, 0) is 25.8 Å². The van der Waals surface area contributed by atoms with E-state index in [2.05, 4.69) is 26.8 Å². The molecule has 156 valence electrons. The number of pyridine rings is 1. The van der Waals surface area contributed by atoms with Gasteiger partial charge in [-0.2, -0.15) is 0 Å². The maximum absolute atomic E-state index is 12.8. The monoisotopic (exact) mass is 401 g/mol. The number of carboxylic acid groups (broad SMARTS) is 1. The second-order valence-electron chi connectivity index (χ2n) is 6.45. The molecule has 1 aliphatic rings. The zero-order valence-electron chi connectivity index (χ0n) is 17.0. The van der Waals surface area contributed by atoms with Crippen LogP contribution in [0, 0.1) is 6.92 Å². The molecule has 3 rings (SSSR count). The number of methoxy groups -OCH3 is 1. The topological polar surface area (TPSA) is 109 Å². The van der Waals surface area contributed by atoms with Gasteiger partial charge in [-0.15, -0.1) is 0 Å². The number of aryl methyl sites for hydroxylation is 2. The predicted octanol–water partition coefficient (Wildman–Crippen LogP) is 1.80. The van der Waals surface area contributed by atoms with Crippen molar-refractivity contribution in [3.05, 3.63) is 41.5 Å². The Bertz CT molecular complexity index is 813. The van der Waals surface area contributed by atoms with Gasteiger partial charge in [-0.25, -0.2) is 15.0 Å². The van der Waals surface area contributed by atoms with Crippen LogP contribution in [0.25, 0.3) is 0 Å². The van der Waals surface area contributed by atoms with E-state index in [-0.39, 0.29) is 12.4 Å². The van der Waals surface area contributed by atoms with Crippen LogP contribution in [-0.4, -0.2) is 70.6 Å². The number of ether oxygens (including phenoxy) is 1. The normalized spacial score (nSPS) is 13.8. The van der Waals surface area contributed by atoms with E-state index in [4.69, 9.17) is 14.6 Å². The van der Waals surface area contributed by atoms with E-state index < -0.39 is 0 Å². The summed E-state index contributed by atoms with van der Waals surface area (Å²) in [6, 6.07) is 3.48. The van der Waals surface area contributed by atoms with E-state index in [0.29, 0.717) is 18.0 Å². The molecule has 0 spiro atoms.